The lowest BCUT2D eigenvalue weighted by Gasteiger charge is -2.05. The van der Waals surface area contributed by atoms with Crippen molar-refractivity contribution in [1.82, 2.24) is 0 Å². The van der Waals surface area contributed by atoms with Gasteiger partial charge in [0.1, 0.15) is 5.82 Å². The molecule has 0 aromatic heterocycles. The SMILES string of the molecule is O=C(CSCCO)Nc1ccccc1F. The zero-order chi connectivity index (χ0) is 11.1. The highest BCUT2D eigenvalue weighted by Crippen LogP contribution is 2.12. The first-order chi connectivity index (χ1) is 7.24. The largest absolute Gasteiger partial charge is 0.396 e. The zero-order valence-electron chi connectivity index (χ0n) is 8.07. The predicted molar refractivity (Wildman–Crippen MR) is 59.4 cm³/mol. The summed E-state index contributed by atoms with van der Waals surface area (Å²) in [5.74, 6) is 0.0103. The molecule has 82 valence electrons. The quantitative estimate of drug-likeness (QED) is 0.752. The van der Waals surface area contributed by atoms with Crippen LogP contribution in [0.15, 0.2) is 24.3 Å². The Labute approximate surface area is 91.7 Å². The highest BCUT2D eigenvalue weighted by atomic mass is 32.2. The Hall–Kier alpha value is -1.07. The topological polar surface area (TPSA) is 49.3 Å². The summed E-state index contributed by atoms with van der Waals surface area (Å²) in [4.78, 5) is 11.3. The maximum atomic E-state index is 13.1. The van der Waals surface area contributed by atoms with Gasteiger partial charge in [-0.1, -0.05) is 12.1 Å². The fourth-order valence-corrected chi connectivity index (χ4v) is 1.51. The van der Waals surface area contributed by atoms with Gasteiger partial charge in [0, 0.05) is 5.75 Å². The van der Waals surface area contributed by atoms with Crippen LogP contribution >= 0.6 is 11.8 Å². The van der Waals surface area contributed by atoms with Gasteiger partial charge in [0.2, 0.25) is 5.91 Å². The fourth-order valence-electron chi connectivity index (χ4n) is 0.978. The Bertz CT molecular complexity index is 333. The molecule has 0 aliphatic heterocycles. The van der Waals surface area contributed by atoms with Crippen LogP contribution in [0.2, 0.25) is 0 Å². The van der Waals surface area contributed by atoms with E-state index in [4.69, 9.17) is 5.11 Å². The number of carbonyl (C=O) groups excluding carboxylic acids is 1. The van der Waals surface area contributed by atoms with Gasteiger partial charge in [-0.05, 0) is 12.1 Å². The highest BCUT2D eigenvalue weighted by molar-refractivity contribution is 7.99. The fraction of sp³-hybridized carbons (Fsp3) is 0.300. The van der Waals surface area contributed by atoms with Crippen LogP contribution in [0.25, 0.3) is 0 Å². The van der Waals surface area contributed by atoms with Gasteiger partial charge in [-0.2, -0.15) is 0 Å². The van der Waals surface area contributed by atoms with Gasteiger partial charge in [0.05, 0.1) is 18.0 Å². The van der Waals surface area contributed by atoms with Crippen molar-refractivity contribution in [1.29, 1.82) is 0 Å². The van der Waals surface area contributed by atoms with Crippen molar-refractivity contribution < 1.29 is 14.3 Å². The number of para-hydroxylation sites is 1. The summed E-state index contributed by atoms with van der Waals surface area (Å²) in [6.45, 7) is 0.0393. The second kappa shape index (κ2) is 6.42. The summed E-state index contributed by atoms with van der Waals surface area (Å²) in [7, 11) is 0. The predicted octanol–water partition coefficient (Wildman–Crippen LogP) is 1.49. The number of hydrogen-bond acceptors (Lipinski definition) is 3. The van der Waals surface area contributed by atoms with Crippen LogP contribution in [0.4, 0.5) is 10.1 Å². The summed E-state index contributed by atoms with van der Waals surface area (Å²) < 4.78 is 13.1. The summed E-state index contributed by atoms with van der Waals surface area (Å²) in [5, 5.41) is 11.0. The third kappa shape index (κ3) is 4.31. The molecule has 3 nitrogen and oxygen atoms in total. The van der Waals surface area contributed by atoms with E-state index < -0.39 is 5.82 Å². The molecule has 0 saturated carbocycles. The van der Waals surface area contributed by atoms with Crippen LogP contribution in [0.1, 0.15) is 0 Å². The number of aliphatic hydroxyl groups excluding tert-OH is 1. The molecule has 2 N–H and O–H groups in total. The number of halogens is 1. The molecule has 0 bridgehead atoms. The first-order valence-corrected chi connectivity index (χ1v) is 5.62. The van der Waals surface area contributed by atoms with Crippen LogP contribution in [0.5, 0.6) is 0 Å². The minimum atomic E-state index is -0.446. The van der Waals surface area contributed by atoms with Gasteiger partial charge in [-0.15, -0.1) is 11.8 Å². The summed E-state index contributed by atoms with van der Waals surface area (Å²) in [5.41, 5.74) is 0.187. The lowest BCUT2D eigenvalue weighted by Crippen LogP contribution is -2.15. The van der Waals surface area contributed by atoms with E-state index in [9.17, 15) is 9.18 Å². The Morgan fingerprint density at radius 3 is 2.87 bits per heavy atom. The van der Waals surface area contributed by atoms with E-state index >= 15 is 0 Å². The van der Waals surface area contributed by atoms with Crippen molar-refractivity contribution in [2.45, 2.75) is 0 Å². The van der Waals surface area contributed by atoms with Crippen LogP contribution in [-0.4, -0.2) is 29.1 Å². The van der Waals surface area contributed by atoms with Gasteiger partial charge in [-0.25, -0.2) is 4.39 Å². The number of carbonyl (C=O) groups is 1. The van der Waals surface area contributed by atoms with Crippen LogP contribution in [0.3, 0.4) is 0 Å². The summed E-state index contributed by atoms with van der Waals surface area (Å²) in [6.07, 6.45) is 0. The Morgan fingerprint density at radius 2 is 2.20 bits per heavy atom. The molecule has 0 unspecified atom stereocenters. The lowest BCUT2D eigenvalue weighted by atomic mass is 10.3. The second-order valence-electron chi connectivity index (χ2n) is 2.80. The summed E-state index contributed by atoms with van der Waals surface area (Å²) in [6, 6.07) is 6.01. The molecule has 0 atom stereocenters. The molecule has 0 heterocycles. The molecule has 0 spiro atoms. The van der Waals surface area contributed by atoms with Crippen LogP contribution < -0.4 is 5.32 Å². The maximum absolute atomic E-state index is 13.1. The van der Waals surface area contributed by atoms with E-state index in [1.165, 1.54) is 23.9 Å². The van der Waals surface area contributed by atoms with Crippen molar-refractivity contribution in [3.63, 3.8) is 0 Å². The standard InChI is InChI=1S/C10H12FNO2S/c11-8-3-1-2-4-9(8)12-10(14)7-15-6-5-13/h1-4,13H,5-7H2,(H,12,14). The maximum Gasteiger partial charge on any atom is 0.234 e. The molecule has 1 amide bonds. The van der Waals surface area contributed by atoms with E-state index in [1.807, 2.05) is 0 Å². The number of rotatable bonds is 5. The Morgan fingerprint density at radius 1 is 1.47 bits per heavy atom. The normalized spacial score (nSPS) is 10.0. The number of nitrogens with one attached hydrogen (secondary N) is 1. The average Bonchev–Trinajstić information content (AvgIpc) is 2.22. The molecule has 1 aromatic rings. The smallest absolute Gasteiger partial charge is 0.234 e. The highest BCUT2D eigenvalue weighted by Gasteiger charge is 2.05. The van der Waals surface area contributed by atoms with Crippen molar-refractivity contribution in [3.8, 4) is 0 Å². The first-order valence-electron chi connectivity index (χ1n) is 4.47. The van der Waals surface area contributed by atoms with E-state index in [-0.39, 0.29) is 24.0 Å². The molecule has 1 rings (SSSR count). The second-order valence-corrected chi connectivity index (χ2v) is 3.91. The first kappa shape index (κ1) is 12.0. The van der Waals surface area contributed by atoms with Crippen LogP contribution in [-0.2, 0) is 4.79 Å². The molecule has 15 heavy (non-hydrogen) atoms. The van der Waals surface area contributed by atoms with Gasteiger partial charge < -0.3 is 10.4 Å². The van der Waals surface area contributed by atoms with Gasteiger partial charge in [0.25, 0.3) is 0 Å². The average molecular weight is 229 g/mol. The van der Waals surface area contributed by atoms with Crippen molar-refractivity contribution in [3.05, 3.63) is 30.1 Å². The Balaban J connectivity index is 2.41. The minimum absolute atomic E-state index is 0.0393. The number of hydrogen-bond donors (Lipinski definition) is 2. The third-order valence-corrected chi connectivity index (χ3v) is 2.55. The molecule has 0 aliphatic carbocycles. The van der Waals surface area contributed by atoms with Crippen molar-refractivity contribution in [2.75, 3.05) is 23.4 Å². The van der Waals surface area contributed by atoms with E-state index in [0.29, 0.717) is 5.75 Å². The molecule has 1 aromatic carbocycles. The minimum Gasteiger partial charge on any atom is -0.396 e. The molecular weight excluding hydrogens is 217 g/mol. The lowest BCUT2D eigenvalue weighted by molar-refractivity contribution is -0.113. The van der Waals surface area contributed by atoms with Crippen LogP contribution in [0, 0.1) is 5.82 Å². The number of benzene rings is 1. The zero-order valence-corrected chi connectivity index (χ0v) is 8.89. The third-order valence-electron chi connectivity index (χ3n) is 1.62. The molecule has 0 fully saturated rings. The van der Waals surface area contributed by atoms with E-state index in [0.717, 1.165) is 0 Å². The Kier molecular flexibility index (Phi) is 5.14. The van der Waals surface area contributed by atoms with Crippen molar-refractivity contribution in [2.24, 2.45) is 0 Å². The number of aliphatic hydroxyl groups is 1. The van der Waals surface area contributed by atoms with Gasteiger partial charge >= 0.3 is 0 Å². The molecule has 0 radical (unpaired) electrons. The van der Waals surface area contributed by atoms with Gasteiger partial charge in [0.15, 0.2) is 0 Å². The van der Waals surface area contributed by atoms with Gasteiger partial charge in [-0.3, -0.25) is 4.79 Å². The molecular formula is C10H12FNO2S. The monoisotopic (exact) mass is 229 g/mol. The number of thioether (sulfide) groups is 1. The number of anilines is 1. The molecule has 0 aliphatic rings. The molecule has 0 saturated heterocycles. The van der Waals surface area contributed by atoms with E-state index in [1.54, 1.807) is 12.1 Å². The number of amides is 1. The molecule has 5 heteroatoms. The summed E-state index contributed by atoms with van der Waals surface area (Å²) >= 11 is 1.30. The van der Waals surface area contributed by atoms with E-state index in [2.05, 4.69) is 5.32 Å². The van der Waals surface area contributed by atoms with Crippen molar-refractivity contribution >= 4 is 23.4 Å².